The van der Waals surface area contributed by atoms with E-state index in [-0.39, 0.29) is 18.6 Å². The first kappa shape index (κ1) is 8.49. The Morgan fingerprint density at radius 3 is 3.00 bits per heavy atom. The Bertz CT molecular complexity index is 149. The molecule has 0 aliphatic carbocycles. The van der Waals surface area contributed by atoms with Gasteiger partial charge in [0.05, 0.1) is 12.6 Å². The van der Waals surface area contributed by atoms with Gasteiger partial charge in [-0.1, -0.05) is 0 Å². The van der Waals surface area contributed by atoms with Gasteiger partial charge in [0.2, 0.25) is 5.91 Å². The summed E-state index contributed by atoms with van der Waals surface area (Å²) in [7, 11) is 1.67. The molecule has 1 aliphatic heterocycles. The number of amides is 1. The van der Waals surface area contributed by atoms with Gasteiger partial charge in [0.1, 0.15) is 0 Å². The molecule has 0 unspecified atom stereocenters. The lowest BCUT2D eigenvalue weighted by molar-refractivity contribution is -0.129. The fourth-order valence-corrected chi connectivity index (χ4v) is 1.28. The first-order valence-corrected chi connectivity index (χ1v) is 3.78. The summed E-state index contributed by atoms with van der Waals surface area (Å²) in [6.07, 6.45) is 1.15. The van der Waals surface area contributed by atoms with Gasteiger partial charge in [-0.2, -0.15) is 0 Å². The summed E-state index contributed by atoms with van der Waals surface area (Å²) in [5, 5.41) is 0. The lowest BCUT2D eigenvalue weighted by Gasteiger charge is -2.14. The summed E-state index contributed by atoms with van der Waals surface area (Å²) < 4.78 is 5.10. The maximum atomic E-state index is 11.0. The van der Waals surface area contributed by atoms with Crippen molar-refractivity contribution in [3.8, 4) is 0 Å². The molecule has 11 heavy (non-hydrogen) atoms. The second kappa shape index (κ2) is 3.69. The van der Waals surface area contributed by atoms with Crippen LogP contribution in [0.2, 0.25) is 0 Å². The van der Waals surface area contributed by atoms with E-state index in [2.05, 4.69) is 0 Å². The van der Waals surface area contributed by atoms with Gasteiger partial charge in [-0.3, -0.25) is 4.79 Å². The summed E-state index contributed by atoms with van der Waals surface area (Å²) in [4.78, 5) is 12.8. The van der Waals surface area contributed by atoms with Crippen molar-refractivity contribution in [2.75, 3.05) is 26.7 Å². The Kier molecular flexibility index (Phi) is 2.84. The van der Waals surface area contributed by atoms with E-state index in [1.807, 2.05) is 0 Å². The standard InChI is InChI=1S/C7H14N2O2/c1-11-6-2-3-9(5-6)7(10)4-8/h6H,2-5,8H2,1H3/t6-/m0/s1. The first-order chi connectivity index (χ1) is 5.27. The molecule has 0 aromatic rings. The number of likely N-dealkylation sites (tertiary alicyclic amines) is 1. The van der Waals surface area contributed by atoms with Crippen molar-refractivity contribution in [1.29, 1.82) is 0 Å². The second-order valence-corrected chi connectivity index (χ2v) is 2.69. The van der Waals surface area contributed by atoms with E-state index in [0.717, 1.165) is 13.0 Å². The summed E-state index contributed by atoms with van der Waals surface area (Å²) >= 11 is 0. The SMILES string of the molecule is CO[C@H]1CCN(C(=O)CN)C1. The highest BCUT2D eigenvalue weighted by Gasteiger charge is 2.24. The van der Waals surface area contributed by atoms with Gasteiger partial charge < -0.3 is 15.4 Å². The minimum absolute atomic E-state index is 0.0181. The largest absolute Gasteiger partial charge is 0.380 e. The number of carbonyl (C=O) groups excluding carboxylic acids is 1. The molecule has 1 atom stereocenters. The topological polar surface area (TPSA) is 55.6 Å². The van der Waals surface area contributed by atoms with Crippen LogP contribution in [0.25, 0.3) is 0 Å². The molecule has 4 nitrogen and oxygen atoms in total. The van der Waals surface area contributed by atoms with Gasteiger partial charge in [0, 0.05) is 20.2 Å². The normalized spacial score (nSPS) is 24.2. The molecule has 0 aromatic heterocycles. The highest BCUT2D eigenvalue weighted by atomic mass is 16.5. The van der Waals surface area contributed by atoms with Gasteiger partial charge in [-0.25, -0.2) is 0 Å². The summed E-state index contributed by atoms with van der Waals surface area (Å²) in [6.45, 7) is 1.59. The minimum Gasteiger partial charge on any atom is -0.380 e. The van der Waals surface area contributed by atoms with Crippen LogP contribution >= 0.6 is 0 Å². The van der Waals surface area contributed by atoms with Gasteiger partial charge in [-0.15, -0.1) is 0 Å². The number of methoxy groups -OCH3 is 1. The number of nitrogens with two attached hydrogens (primary N) is 1. The summed E-state index contributed by atoms with van der Waals surface area (Å²) in [5.74, 6) is 0.0181. The number of rotatable bonds is 2. The van der Waals surface area contributed by atoms with Crippen LogP contribution in [0, 0.1) is 0 Å². The van der Waals surface area contributed by atoms with Crippen LogP contribution in [-0.4, -0.2) is 43.7 Å². The van der Waals surface area contributed by atoms with E-state index >= 15 is 0 Å². The molecule has 1 amide bonds. The molecule has 64 valence electrons. The Balaban J connectivity index is 2.35. The Morgan fingerprint density at radius 1 is 1.82 bits per heavy atom. The second-order valence-electron chi connectivity index (χ2n) is 2.69. The molecule has 0 saturated carbocycles. The van der Waals surface area contributed by atoms with Crippen molar-refractivity contribution in [2.24, 2.45) is 5.73 Å². The molecule has 0 radical (unpaired) electrons. The van der Waals surface area contributed by atoms with E-state index in [1.54, 1.807) is 12.0 Å². The molecule has 2 N–H and O–H groups in total. The monoisotopic (exact) mass is 158 g/mol. The molecule has 0 bridgehead atoms. The molecule has 0 spiro atoms. The zero-order chi connectivity index (χ0) is 8.27. The maximum Gasteiger partial charge on any atom is 0.236 e. The van der Waals surface area contributed by atoms with Gasteiger partial charge in [0.25, 0.3) is 0 Å². The van der Waals surface area contributed by atoms with E-state index in [1.165, 1.54) is 0 Å². The number of ether oxygens (including phenoxy) is 1. The highest BCUT2D eigenvalue weighted by Crippen LogP contribution is 2.10. The van der Waals surface area contributed by atoms with Crippen LogP contribution in [0.3, 0.4) is 0 Å². The molecule has 1 aliphatic rings. The average molecular weight is 158 g/mol. The Morgan fingerprint density at radius 2 is 2.55 bits per heavy atom. The van der Waals surface area contributed by atoms with Crippen molar-refractivity contribution in [3.63, 3.8) is 0 Å². The van der Waals surface area contributed by atoms with E-state index in [4.69, 9.17) is 10.5 Å². The predicted molar refractivity (Wildman–Crippen MR) is 41.0 cm³/mol. The zero-order valence-electron chi connectivity index (χ0n) is 6.75. The molecular weight excluding hydrogens is 144 g/mol. The van der Waals surface area contributed by atoms with Crippen LogP contribution in [0.1, 0.15) is 6.42 Å². The summed E-state index contributed by atoms with van der Waals surface area (Å²) in [5.41, 5.74) is 5.21. The Hall–Kier alpha value is -0.610. The average Bonchev–Trinajstić information content (AvgIpc) is 2.50. The highest BCUT2D eigenvalue weighted by molar-refractivity contribution is 5.78. The third-order valence-corrected chi connectivity index (χ3v) is 2.01. The third kappa shape index (κ3) is 1.91. The lowest BCUT2D eigenvalue weighted by Crippen LogP contribution is -2.34. The Labute approximate surface area is 66.3 Å². The van der Waals surface area contributed by atoms with Gasteiger partial charge in [-0.05, 0) is 6.42 Å². The van der Waals surface area contributed by atoms with E-state index in [0.29, 0.717) is 6.54 Å². The van der Waals surface area contributed by atoms with Gasteiger partial charge in [0.15, 0.2) is 0 Å². The minimum atomic E-state index is 0.0181. The van der Waals surface area contributed by atoms with Crippen molar-refractivity contribution in [3.05, 3.63) is 0 Å². The predicted octanol–water partition coefficient (Wildman–Crippen LogP) is -0.808. The smallest absolute Gasteiger partial charge is 0.236 e. The number of carbonyl (C=O) groups is 1. The zero-order valence-corrected chi connectivity index (χ0v) is 6.75. The van der Waals surface area contributed by atoms with Crippen molar-refractivity contribution < 1.29 is 9.53 Å². The molecule has 0 aromatic carbocycles. The fraction of sp³-hybridized carbons (Fsp3) is 0.857. The number of hydrogen-bond acceptors (Lipinski definition) is 3. The van der Waals surface area contributed by atoms with Crippen LogP contribution in [0.15, 0.2) is 0 Å². The maximum absolute atomic E-state index is 11.0. The van der Waals surface area contributed by atoms with E-state index < -0.39 is 0 Å². The first-order valence-electron chi connectivity index (χ1n) is 3.78. The quantitative estimate of drug-likeness (QED) is 0.572. The molecule has 1 rings (SSSR count). The van der Waals surface area contributed by atoms with Gasteiger partial charge >= 0.3 is 0 Å². The van der Waals surface area contributed by atoms with Crippen LogP contribution in [0.5, 0.6) is 0 Å². The van der Waals surface area contributed by atoms with Crippen LogP contribution < -0.4 is 5.73 Å². The van der Waals surface area contributed by atoms with E-state index in [9.17, 15) is 4.79 Å². The van der Waals surface area contributed by atoms with Crippen LogP contribution in [0.4, 0.5) is 0 Å². The molecule has 1 fully saturated rings. The number of hydrogen-bond donors (Lipinski definition) is 1. The third-order valence-electron chi connectivity index (χ3n) is 2.01. The number of nitrogens with zero attached hydrogens (tertiary/aromatic N) is 1. The van der Waals surface area contributed by atoms with Crippen molar-refractivity contribution in [1.82, 2.24) is 4.90 Å². The van der Waals surface area contributed by atoms with Crippen LogP contribution in [-0.2, 0) is 9.53 Å². The molecule has 1 saturated heterocycles. The molecule has 4 heteroatoms. The van der Waals surface area contributed by atoms with Crippen molar-refractivity contribution in [2.45, 2.75) is 12.5 Å². The fourth-order valence-electron chi connectivity index (χ4n) is 1.28. The van der Waals surface area contributed by atoms with Crippen molar-refractivity contribution >= 4 is 5.91 Å². The molecular formula is C7H14N2O2. The summed E-state index contributed by atoms with van der Waals surface area (Å²) in [6, 6.07) is 0. The molecule has 1 heterocycles. The lowest BCUT2D eigenvalue weighted by atomic mass is 10.3.